The van der Waals surface area contributed by atoms with Crippen molar-refractivity contribution >= 4 is 17.4 Å². The zero-order chi connectivity index (χ0) is 15.2. The Bertz CT molecular complexity index is 659. The van der Waals surface area contributed by atoms with Crippen molar-refractivity contribution in [2.24, 2.45) is 0 Å². The summed E-state index contributed by atoms with van der Waals surface area (Å²) in [5.41, 5.74) is 6.41. The molecule has 1 aromatic heterocycles. The van der Waals surface area contributed by atoms with Gasteiger partial charge in [-0.15, -0.1) is 0 Å². The highest BCUT2D eigenvalue weighted by molar-refractivity contribution is 5.98. The van der Waals surface area contributed by atoms with Crippen LogP contribution in [0.4, 0.5) is 11.5 Å². The number of nitrogens with two attached hydrogens (primary N) is 1. The van der Waals surface area contributed by atoms with Crippen molar-refractivity contribution in [2.75, 3.05) is 12.3 Å². The number of hydrogen-bond acceptors (Lipinski definition) is 5. The van der Waals surface area contributed by atoms with Crippen molar-refractivity contribution in [3.05, 3.63) is 63.8 Å². The van der Waals surface area contributed by atoms with Crippen LogP contribution < -0.4 is 11.1 Å². The highest BCUT2D eigenvalue weighted by Crippen LogP contribution is 2.16. The van der Waals surface area contributed by atoms with Crippen molar-refractivity contribution in [1.82, 2.24) is 10.3 Å². The summed E-state index contributed by atoms with van der Waals surface area (Å²) < 4.78 is 0. The maximum Gasteiger partial charge on any atom is 0.288 e. The van der Waals surface area contributed by atoms with Gasteiger partial charge in [-0.1, -0.05) is 30.3 Å². The molecule has 7 heteroatoms. The topological polar surface area (TPSA) is 111 Å². The molecular weight excluding hydrogens is 272 g/mol. The normalized spacial score (nSPS) is 10.1. The molecule has 108 valence electrons. The quantitative estimate of drug-likeness (QED) is 0.639. The van der Waals surface area contributed by atoms with Crippen LogP contribution in [-0.2, 0) is 6.42 Å². The first-order valence-corrected chi connectivity index (χ1v) is 6.30. The van der Waals surface area contributed by atoms with Gasteiger partial charge in [0.25, 0.3) is 11.6 Å². The minimum absolute atomic E-state index is 0.0114. The van der Waals surface area contributed by atoms with Crippen molar-refractivity contribution in [3.8, 4) is 0 Å². The minimum Gasteiger partial charge on any atom is -0.383 e. The maximum atomic E-state index is 12.0. The van der Waals surface area contributed by atoms with Crippen LogP contribution in [0.2, 0.25) is 0 Å². The lowest BCUT2D eigenvalue weighted by Crippen LogP contribution is -2.26. The summed E-state index contributed by atoms with van der Waals surface area (Å²) in [6.45, 7) is 0.408. The third-order valence-electron chi connectivity index (χ3n) is 2.90. The number of rotatable bonds is 5. The number of nitrogen functional groups attached to an aromatic ring is 1. The molecule has 21 heavy (non-hydrogen) atoms. The van der Waals surface area contributed by atoms with Crippen LogP contribution in [0, 0.1) is 10.1 Å². The molecule has 0 fully saturated rings. The van der Waals surface area contributed by atoms with E-state index in [2.05, 4.69) is 10.3 Å². The van der Waals surface area contributed by atoms with E-state index in [9.17, 15) is 14.9 Å². The highest BCUT2D eigenvalue weighted by Gasteiger charge is 2.16. The molecule has 1 amide bonds. The molecule has 2 rings (SSSR count). The first-order chi connectivity index (χ1) is 10.1. The van der Waals surface area contributed by atoms with Crippen LogP contribution in [0.15, 0.2) is 42.6 Å². The van der Waals surface area contributed by atoms with E-state index in [0.717, 1.165) is 17.8 Å². The third kappa shape index (κ3) is 3.75. The van der Waals surface area contributed by atoms with Gasteiger partial charge >= 0.3 is 0 Å². The minimum atomic E-state index is -0.618. The molecule has 0 radical (unpaired) electrons. The first kappa shape index (κ1) is 14.4. The van der Waals surface area contributed by atoms with Crippen LogP contribution >= 0.6 is 0 Å². The predicted octanol–water partition coefficient (Wildman–Crippen LogP) is 1.54. The van der Waals surface area contributed by atoms with Crippen LogP contribution in [0.1, 0.15) is 15.9 Å². The van der Waals surface area contributed by atoms with Crippen molar-refractivity contribution in [2.45, 2.75) is 6.42 Å². The van der Waals surface area contributed by atoms with Crippen molar-refractivity contribution in [1.29, 1.82) is 0 Å². The van der Waals surface area contributed by atoms with Crippen molar-refractivity contribution in [3.63, 3.8) is 0 Å². The molecule has 0 unspecified atom stereocenters. The molecule has 0 atom stereocenters. The number of nitro groups is 1. The van der Waals surface area contributed by atoms with Crippen LogP contribution in [0.3, 0.4) is 0 Å². The van der Waals surface area contributed by atoms with E-state index < -0.39 is 10.8 Å². The fraction of sp³-hybridized carbons (Fsp3) is 0.143. The Morgan fingerprint density at radius 2 is 2.05 bits per heavy atom. The van der Waals surface area contributed by atoms with Gasteiger partial charge in [0, 0.05) is 12.6 Å². The summed E-state index contributed by atoms with van der Waals surface area (Å²) >= 11 is 0. The summed E-state index contributed by atoms with van der Waals surface area (Å²) in [4.78, 5) is 25.7. The van der Waals surface area contributed by atoms with E-state index in [-0.39, 0.29) is 17.1 Å². The summed E-state index contributed by atoms with van der Waals surface area (Å²) in [6, 6.07) is 10.8. The second-order valence-corrected chi connectivity index (χ2v) is 4.37. The second kappa shape index (κ2) is 6.47. The summed E-state index contributed by atoms with van der Waals surface area (Å²) in [5, 5.41) is 13.4. The lowest BCUT2D eigenvalue weighted by Gasteiger charge is -2.07. The molecule has 7 nitrogen and oxygen atoms in total. The van der Waals surface area contributed by atoms with Crippen molar-refractivity contribution < 1.29 is 9.72 Å². The molecule has 0 spiro atoms. The Morgan fingerprint density at radius 3 is 2.71 bits per heavy atom. The van der Waals surface area contributed by atoms with Gasteiger partial charge in [0.1, 0.15) is 12.0 Å². The van der Waals surface area contributed by atoms with Crippen LogP contribution in [-0.4, -0.2) is 22.4 Å². The molecule has 3 N–H and O–H groups in total. The zero-order valence-electron chi connectivity index (χ0n) is 11.2. The van der Waals surface area contributed by atoms with Gasteiger partial charge in [-0.25, -0.2) is 4.98 Å². The molecule has 2 aromatic rings. The molecule has 0 saturated carbocycles. The van der Waals surface area contributed by atoms with E-state index in [0.29, 0.717) is 13.0 Å². The summed E-state index contributed by atoms with van der Waals surface area (Å²) in [5.74, 6) is -0.502. The van der Waals surface area contributed by atoms with Gasteiger partial charge in [0.2, 0.25) is 0 Å². The molecule has 0 aliphatic rings. The SMILES string of the molecule is Nc1ncc([N+](=O)[O-])cc1C(=O)NCCc1ccccc1. The lowest BCUT2D eigenvalue weighted by atomic mass is 10.1. The monoisotopic (exact) mass is 286 g/mol. The number of amides is 1. The molecule has 1 heterocycles. The molecule has 0 bridgehead atoms. The number of carbonyl (C=O) groups excluding carboxylic acids is 1. The highest BCUT2D eigenvalue weighted by atomic mass is 16.6. The maximum absolute atomic E-state index is 12.0. The van der Waals surface area contributed by atoms with Gasteiger partial charge in [0.15, 0.2) is 0 Å². The number of pyridine rings is 1. The van der Waals surface area contributed by atoms with Gasteiger partial charge < -0.3 is 11.1 Å². The summed E-state index contributed by atoms with van der Waals surface area (Å²) in [7, 11) is 0. The standard InChI is InChI=1S/C14H14N4O3/c15-13-12(8-11(9-17-13)18(20)21)14(19)16-7-6-10-4-2-1-3-5-10/h1-5,8-9H,6-7H2,(H2,15,17)(H,16,19). The van der Waals surface area contributed by atoms with E-state index in [1.807, 2.05) is 30.3 Å². The fourth-order valence-corrected chi connectivity index (χ4v) is 1.81. The van der Waals surface area contributed by atoms with Gasteiger partial charge in [0.05, 0.1) is 10.5 Å². The Balaban J connectivity index is 2.00. The fourth-order valence-electron chi connectivity index (χ4n) is 1.81. The Labute approximate surface area is 121 Å². The molecular formula is C14H14N4O3. The van der Waals surface area contributed by atoms with E-state index in [1.165, 1.54) is 0 Å². The molecule has 0 saturated heterocycles. The predicted molar refractivity (Wildman–Crippen MR) is 77.8 cm³/mol. The lowest BCUT2D eigenvalue weighted by molar-refractivity contribution is -0.385. The van der Waals surface area contributed by atoms with E-state index >= 15 is 0 Å². The van der Waals surface area contributed by atoms with Gasteiger partial charge in [-0.3, -0.25) is 14.9 Å². The summed E-state index contributed by atoms with van der Waals surface area (Å²) in [6.07, 6.45) is 1.69. The zero-order valence-corrected chi connectivity index (χ0v) is 11.2. The number of carbonyl (C=O) groups is 1. The Morgan fingerprint density at radius 1 is 1.33 bits per heavy atom. The Hall–Kier alpha value is -2.96. The largest absolute Gasteiger partial charge is 0.383 e. The second-order valence-electron chi connectivity index (χ2n) is 4.37. The van der Waals surface area contributed by atoms with E-state index in [1.54, 1.807) is 0 Å². The van der Waals surface area contributed by atoms with E-state index in [4.69, 9.17) is 5.73 Å². The Kier molecular flexibility index (Phi) is 4.45. The van der Waals surface area contributed by atoms with Gasteiger partial charge in [-0.2, -0.15) is 0 Å². The smallest absolute Gasteiger partial charge is 0.288 e. The third-order valence-corrected chi connectivity index (χ3v) is 2.90. The number of benzene rings is 1. The average Bonchev–Trinajstić information content (AvgIpc) is 2.48. The molecule has 1 aromatic carbocycles. The van der Waals surface area contributed by atoms with Crippen LogP contribution in [0.25, 0.3) is 0 Å². The van der Waals surface area contributed by atoms with Crippen LogP contribution in [0.5, 0.6) is 0 Å². The first-order valence-electron chi connectivity index (χ1n) is 6.30. The molecule has 0 aliphatic heterocycles. The number of aromatic nitrogens is 1. The number of anilines is 1. The number of nitrogens with zero attached hydrogens (tertiary/aromatic N) is 2. The number of nitrogens with one attached hydrogen (secondary N) is 1. The van der Waals surface area contributed by atoms with Gasteiger partial charge in [-0.05, 0) is 12.0 Å². The average molecular weight is 286 g/mol. The number of hydrogen-bond donors (Lipinski definition) is 2. The molecule has 0 aliphatic carbocycles.